The van der Waals surface area contributed by atoms with Gasteiger partial charge < -0.3 is 20.5 Å². The molecule has 0 spiro atoms. The average Bonchev–Trinajstić information content (AvgIpc) is 2.96. The van der Waals surface area contributed by atoms with Gasteiger partial charge in [-0.15, -0.1) is 11.3 Å². The van der Waals surface area contributed by atoms with E-state index in [0.717, 1.165) is 5.69 Å². The zero-order chi connectivity index (χ0) is 16.9. The van der Waals surface area contributed by atoms with Crippen molar-refractivity contribution in [3.05, 3.63) is 11.1 Å². The fraction of sp³-hybridized carbons (Fsp3) is 0.667. The summed E-state index contributed by atoms with van der Waals surface area (Å²) in [5, 5.41) is 12.0. The quantitative estimate of drug-likeness (QED) is 0.776. The predicted molar refractivity (Wildman–Crippen MR) is 87.2 cm³/mol. The summed E-state index contributed by atoms with van der Waals surface area (Å²) in [6.07, 6.45) is 2.55. The van der Waals surface area contributed by atoms with Crippen molar-refractivity contribution < 1.29 is 19.4 Å². The maximum atomic E-state index is 12.4. The number of likely N-dealkylation sites (tertiary alicyclic amines) is 1. The van der Waals surface area contributed by atoms with Crippen LogP contribution < -0.4 is 5.73 Å². The molecule has 3 N–H and O–H groups in total. The molecular formula is C15H23N3O4S. The van der Waals surface area contributed by atoms with Crippen LogP contribution in [0.5, 0.6) is 0 Å². The maximum absolute atomic E-state index is 12.4. The first-order valence-corrected chi connectivity index (χ1v) is 8.55. The van der Waals surface area contributed by atoms with Crippen LogP contribution in [0.1, 0.15) is 31.4 Å². The van der Waals surface area contributed by atoms with Gasteiger partial charge in [-0.05, 0) is 25.7 Å². The number of aliphatic carboxylic acids is 1. The van der Waals surface area contributed by atoms with Crippen LogP contribution in [0.2, 0.25) is 0 Å². The molecule has 1 aromatic heterocycles. The molecule has 1 aromatic rings. The van der Waals surface area contributed by atoms with Crippen molar-refractivity contribution in [1.29, 1.82) is 0 Å². The number of methoxy groups -OCH3 is 1. The topological polar surface area (TPSA) is 106 Å². The number of rotatable bonds is 7. The molecule has 1 aliphatic heterocycles. The van der Waals surface area contributed by atoms with Crippen molar-refractivity contribution in [1.82, 2.24) is 9.88 Å². The number of amides is 1. The minimum atomic E-state index is -0.894. The molecule has 8 heteroatoms. The molecule has 0 aliphatic carbocycles. The molecule has 1 unspecified atom stereocenters. The summed E-state index contributed by atoms with van der Waals surface area (Å²) in [5.41, 5.74) is 5.49. The summed E-state index contributed by atoms with van der Waals surface area (Å²) in [6, 6.07) is 0. The number of carbonyl (C=O) groups is 2. The van der Waals surface area contributed by atoms with Crippen molar-refractivity contribution in [2.75, 3.05) is 32.5 Å². The number of thiazole rings is 1. The lowest BCUT2D eigenvalue weighted by Gasteiger charge is -2.40. The van der Waals surface area contributed by atoms with Crippen molar-refractivity contribution in [2.24, 2.45) is 5.41 Å². The van der Waals surface area contributed by atoms with Gasteiger partial charge in [-0.25, -0.2) is 4.98 Å². The van der Waals surface area contributed by atoms with E-state index in [1.807, 2.05) is 5.38 Å². The summed E-state index contributed by atoms with van der Waals surface area (Å²) in [5.74, 6) is -0.876. The van der Waals surface area contributed by atoms with Gasteiger partial charge >= 0.3 is 5.97 Å². The van der Waals surface area contributed by atoms with E-state index < -0.39 is 11.4 Å². The number of hydrogen-bond acceptors (Lipinski definition) is 6. The van der Waals surface area contributed by atoms with E-state index in [4.69, 9.17) is 10.5 Å². The number of carboxylic acid groups (broad SMARTS) is 1. The molecule has 2 rings (SSSR count). The fourth-order valence-electron chi connectivity index (χ4n) is 2.96. The lowest BCUT2D eigenvalue weighted by Crippen LogP contribution is -2.50. The van der Waals surface area contributed by atoms with Gasteiger partial charge in [-0.3, -0.25) is 9.59 Å². The standard InChI is InChI=1S/C15H23N3O4S/c1-22-8-6-15(13(20)21)5-2-7-18(10-15)12(19)4-3-11-9-23-14(16)17-11/h9H,2-8,10H2,1H3,(H2,16,17)(H,20,21). The van der Waals surface area contributed by atoms with Crippen LogP contribution in [0.3, 0.4) is 0 Å². The monoisotopic (exact) mass is 341 g/mol. The van der Waals surface area contributed by atoms with Crippen molar-refractivity contribution >= 4 is 28.3 Å². The van der Waals surface area contributed by atoms with Crippen LogP contribution in [-0.2, 0) is 20.7 Å². The van der Waals surface area contributed by atoms with E-state index in [1.165, 1.54) is 11.3 Å². The molecule has 0 radical (unpaired) electrons. The Labute approximate surface area is 139 Å². The number of anilines is 1. The number of carboxylic acids is 1. The highest BCUT2D eigenvalue weighted by atomic mass is 32.1. The lowest BCUT2D eigenvalue weighted by molar-refractivity contribution is -0.156. The number of nitrogens with zero attached hydrogens (tertiary/aromatic N) is 2. The Morgan fingerprint density at radius 2 is 2.35 bits per heavy atom. The number of nitrogens with two attached hydrogens (primary N) is 1. The summed E-state index contributed by atoms with van der Waals surface area (Å²) < 4.78 is 5.04. The number of hydrogen-bond donors (Lipinski definition) is 2. The molecule has 1 fully saturated rings. The lowest BCUT2D eigenvalue weighted by atomic mass is 9.77. The van der Waals surface area contributed by atoms with Crippen molar-refractivity contribution in [3.63, 3.8) is 0 Å². The van der Waals surface area contributed by atoms with Crippen LogP contribution in [0, 0.1) is 5.41 Å². The van der Waals surface area contributed by atoms with Crippen molar-refractivity contribution in [2.45, 2.75) is 32.1 Å². The average molecular weight is 341 g/mol. The molecule has 0 saturated carbocycles. The Morgan fingerprint density at radius 1 is 1.57 bits per heavy atom. The second-order valence-corrected chi connectivity index (χ2v) is 6.81. The highest BCUT2D eigenvalue weighted by Gasteiger charge is 2.43. The molecule has 2 heterocycles. The highest BCUT2D eigenvalue weighted by molar-refractivity contribution is 7.13. The Balaban J connectivity index is 1.95. The van der Waals surface area contributed by atoms with Gasteiger partial charge in [0.1, 0.15) is 0 Å². The van der Waals surface area contributed by atoms with Gasteiger partial charge in [0.25, 0.3) is 0 Å². The Bertz CT molecular complexity index is 563. The number of ether oxygens (including phenoxy) is 1. The van der Waals surface area contributed by atoms with E-state index in [9.17, 15) is 14.7 Å². The van der Waals surface area contributed by atoms with Crippen molar-refractivity contribution in [3.8, 4) is 0 Å². The van der Waals surface area contributed by atoms with Gasteiger partial charge in [0, 0.05) is 38.6 Å². The van der Waals surface area contributed by atoms with Gasteiger partial charge in [-0.2, -0.15) is 0 Å². The third-order valence-electron chi connectivity index (χ3n) is 4.33. The number of piperidine rings is 1. The maximum Gasteiger partial charge on any atom is 0.311 e. The zero-order valence-electron chi connectivity index (χ0n) is 13.3. The minimum Gasteiger partial charge on any atom is -0.481 e. The zero-order valence-corrected chi connectivity index (χ0v) is 14.1. The number of aromatic nitrogens is 1. The molecule has 0 aromatic carbocycles. The minimum absolute atomic E-state index is 0.0284. The van der Waals surface area contributed by atoms with Gasteiger partial charge in [0.2, 0.25) is 5.91 Å². The normalized spacial score (nSPS) is 21.3. The Morgan fingerprint density at radius 3 is 2.96 bits per heavy atom. The highest BCUT2D eigenvalue weighted by Crippen LogP contribution is 2.34. The molecule has 7 nitrogen and oxygen atoms in total. The second kappa shape index (κ2) is 7.74. The molecule has 128 valence electrons. The summed E-state index contributed by atoms with van der Waals surface area (Å²) >= 11 is 1.35. The third-order valence-corrected chi connectivity index (χ3v) is 5.06. The predicted octanol–water partition coefficient (Wildman–Crippen LogP) is 1.39. The van der Waals surface area contributed by atoms with Crippen LogP contribution >= 0.6 is 11.3 Å². The second-order valence-electron chi connectivity index (χ2n) is 5.92. The first-order chi connectivity index (χ1) is 11.0. The molecular weight excluding hydrogens is 318 g/mol. The van der Waals surface area contributed by atoms with E-state index in [-0.39, 0.29) is 12.5 Å². The smallest absolute Gasteiger partial charge is 0.311 e. The van der Waals surface area contributed by atoms with Gasteiger partial charge in [0.15, 0.2) is 5.13 Å². The van der Waals surface area contributed by atoms with E-state index in [1.54, 1.807) is 12.0 Å². The van der Waals surface area contributed by atoms with Gasteiger partial charge in [0.05, 0.1) is 11.1 Å². The van der Waals surface area contributed by atoms with Crippen LogP contribution in [0.4, 0.5) is 5.13 Å². The first kappa shape index (κ1) is 17.7. The van der Waals surface area contributed by atoms with Gasteiger partial charge in [-0.1, -0.05) is 0 Å². The first-order valence-electron chi connectivity index (χ1n) is 7.67. The van der Waals surface area contributed by atoms with Crippen LogP contribution in [0.15, 0.2) is 5.38 Å². The molecule has 0 bridgehead atoms. The molecule has 1 saturated heterocycles. The Hall–Kier alpha value is -1.67. The number of nitrogen functional groups attached to an aromatic ring is 1. The summed E-state index contributed by atoms with van der Waals surface area (Å²) in [7, 11) is 1.56. The van der Waals surface area contributed by atoms with E-state index in [0.29, 0.717) is 50.4 Å². The van der Waals surface area contributed by atoms with E-state index in [2.05, 4.69) is 4.98 Å². The third kappa shape index (κ3) is 4.42. The molecule has 1 atom stereocenters. The summed E-state index contributed by atoms with van der Waals surface area (Å²) in [4.78, 5) is 29.9. The number of carbonyl (C=O) groups excluding carboxylic acids is 1. The molecule has 1 amide bonds. The largest absolute Gasteiger partial charge is 0.481 e. The van der Waals surface area contributed by atoms with Crippen LogP contribution in [-0.4, -0.2) is 53.7 Å². The fourth-order valence-corrected chi connectivity index (χ4v) is 3.56. The van der Waals surface area contributed by atoms with Crippen LogP contribution in [0.25, 0.3) is 0 Å². The molecule has 1 aliphatic rings. The SMILES string of the molecule is COCCC1(C(=O)O)CCCN(C(=O)CCc2csc(N)n2)C1. The number of aryl methyl sites for hydroxylation is 1. The van der Waals surface area contributed by atoms with E-state index >= 15 is 0 Å². The molecule has 23 heavy (non-hydrogen) atoms. The summed E-state index contributed by atoms with van der Waals surface area (Å²) in [6.45, 7) is 1.25. The Kier molecular flexibility index (Phi) is 5.95.